The highest BCUT2D eigenvalue weighted by Crippen LogP contribution is 2.15. The second-order valence-corrected chi connectivity index (χ2v) is 4.61. The number of benzene rings is 1. The fraction of sp³-hybridized carbons (Fsp3) is 0.125. The summed E-state index contributed by atoms with van der Waals surface area (Å²) in [5.74, 6) is 0.0694. The van der Waals surface area contributed by atoms with Crippen molar-refractivity contribution >= 4 is 23.6 Å². The van der Waals surface area contributed by atoms with Crippen molar-refractivity contribution in [1.82, 2.24) is 0 Å². The molecule has 2 rings (SSSR count). The van der Waals surface area contributed by atoms with Crippen molar-refractivity contribution in [2.75, 3.05) is 5.32 Å². The van der Waals surface area contributed by atoms with Gasteiger partial charge in [0.25, 0.3) is 0 Å². The summed E-state index contributed by atoms with van der Waals surface area (Å²) in [5.41, 5.74) is 1.35. The summed E-state index contributed by atoms with van der Waals surface area (Å²) in [6.07, 6.45) is 2.93. The number of anilines is 1. The molecule has 0 aliphatic carbocycles. The summed E-state index contributed by atoms with van der Waals surface area (Å²) in [4.78, 5) is 22.7. The molecule has 1 aromatic carbocycles. The Labute approximate surface area is 121 Å². The van der Waals surface area contributed by atoms with Gasteiger partial charge in [-0.25, -0.2) is 4.79 Å². The van der Waals surface area contributed by atoms with Gasteiger partial charge in [-0.3, -0.25) is 4.79 Å². The van der Waals surface area contributed by atoms with Gasteiger partial charge in [0.15, 0.2) is 0 Å². The van der Waals surface area contributed by atoms with Crippen LogP contribution in [0.15, 0.2) is 40.8 Å². The lowest BCUT2D eigenvalue weighted by molar-refractivity contribution is -0.111. The number of hydrogen-bond acceptors (Lipinski definition) is 3. The highest BCUT2D eigenvalue weighted by molar-refractivity contribution is 6.02. The molecule has 0 aliphatic heterocycles. The van der Waals surface area contributed by atoms with Gasteiger partial charge in [-0.05, 0) is 55.8 Å². The monoisotopic (exact) mass is 285 g/mol. The average molecular weight is 285 g/mol. The largest absolute Gasteiger partial charge is 0.478 e. The number of carboxylic acids is 1. The zero-order chi connectivity index (χ0) is 15.4. The smallest absolute Gasteiger partial charge is 0.335 e. The number of carboxylic acid groups (broad SMARTS) is 1. The molecule has 0 saturated carbocycles. The van der Waals surface area contributed by atoms with E-state index < -0.39 is 5.97 Å². The van der Waals surface area contributed by atoms with Gasteiger partial charge in [0, 0.05) is 11.8 Å². The fourth-order valence-electron chi connectivity index (χ4n) is 1.87. The lowest BCUT2D eigenvalue weighted by atomic mass is 10.1. The number of carbonyl (C=O) groups is 2. The number of aromatic carboxylic acids is 1. The van der Waals surface area contributed by atoms with E-state index in [4.69, 9.17) is 9.52 Å². The van der Waals surface area contributed by atoms with Crippen LogP contribution in [0, 0.1) is 13.8 Å². The summed E-state index contributed by atoms with van der Waals surface area (Å²) in [5, 5.41) is 11.6. The van der Waals surface area contributed by atoms with E-state index in [1.165, 1.54) is 12.1 Å². The maximum absolute atomic E-state index is 11.8. The Balaban J connectivity index is 2.04. The van der Waals surface area contributed by atoms with Crippen LogP contribution in [0.3, 0.4) is 0 Å². The summed E-state index contributed by atoms with van der Waals surface area (Å²) >= 11 is 0. The fourth-order valence-corrected chi connectivity index (χ4v) is 1.87. The summed E-state index contributed by atoms with van der Waals surface area (Å²) in [7, 11) is 0. The Morgan fingerprint density at radius 2 is 1.95 bits per heavy atom. The van der Waals surface area contributed by atoms with E-state index in [9.17, 15) is 9.59 Å². The topological polar surface area (TPSA) is 79.5 Å². The van der Waals surface area contributed by atoms with Gasteiger partial charge in [-0.1, -0.05) is 0 Å². The maximum Gasteiger partial charge on any atom is 0.335 e. The molecule has 0 fully saturated rings. The molecule has 2 N–H and O–H groups in total. The number of amides is 1. The minimum Gasteiger partial charge on any atom is -0.478 e. The molecule has 0 saturated heterocycles. The van der Waals surface area contributed by atoms with E-state index in [0.29, 0.717) is 17.0 Å². The van der Waals surface area contributed by atoms with Gasteiger partial charge in [-0.15, -0.1) is 0 Å². The Hall–Kier alpha value is -2.82. The molecule has 1 amide bonds. The van der Waals surface area contributed by atoms with E-state index in [2.05, 4.69) is 5.32 Å². The first-order valence-electron chi connectivity index (χ1n) is 6.35. The van der Waals surface area contributed by atoms with Crippen molar-refractivity contribution in [3.63, 3.8) is 0 Å². The third-order valence-electron chi connectivity index (χ3n) is 2.88. The molecule has 0 bridgehead atoms. The van der Waals surface area contributed by atoms with E-state index in [1.807, 2.05) is 13.0 Å². The molecule has 21 heavy (non-hydrogen) atoms. The standard InChI is InChI=1S/C16H15NO4/c1-10-9-12(4-7-14(10)16(19)20)17-15(18)8-6-13-5-3-11(2)21-13/h3-9H,1-2H3,(H,17,18)(H,19,20). The molecular formula is C16H15NO4. The van der Waals surface area contributed by atoms with E-state index in [1.54, 1.807) is 31.2 Å². The molecule has 5 heteroatoms. The van der Waals surface area contributed by atoms with Crippen LogP contribution in [-0.4, -0.2) is 17.0 Å². The third kappa shape index (κ3) is 3.82. The molecule has 0 atom stereocenters. The summed E-state index contributed by atoms with van der Waals surface area (Å²) in [6, 6.07) is 8.22. The maximum atomic E-state index is 11.8. The van der Waals surface area contributed by atoms with Gasteiger partial charge in [0.2, 0.25) is 5.91 Å². The zero-order valence-electron chi connectivity index (χ0n) is 11.7. The minimum atomic E-state index is -0.988. The van der Waals surface area contributed by atoms with Crippen LogP contribution in [0.4, 0.5) is 5.69 Å². The van der Waals surface area contributed by atoms with Crippen molar-refractivity contribution in [2.24, 2.45) is 0 Å². The molecule has 5 nitrogen and oxygen atoms in total. The van der Waals surface area contributed by atoms with Crippen LogP contribution < -0.4 is 5.32 Å². The van der Waals surface area contributed by atoms with E-state index in [0.717, 1.165) is 5.76 Å². The van der Waals surface area contributed by atoms with Gasteiger partial charge >= 0.3 is 5.97 Å². The normalized spacial score (nSPS) is 10.8. The predicted octanol–water partition coefficient (Wildman–Crippen LogP) is 3.25. The minimum absolute atomic E-state index is 0.217. The highest BCUT2D eigenvalue weighted by Gasteiger charge is 2.07. The number of aryl methyl sites for hydroxylation is 2. The number of furan rings is 1. The number of hydrogen-bond donors (Lipinski definition) is 2. The van der Waals surface area contributed by atoms with Crippen LogP contribution in [-0.2, 0) is 4.79 Å². The van der Waals surface area contributed by atoms with Crippen molar-refractivity contribution in [3.8, 4) is 0 Å². The molecule has 1 aromatic heterocycles. The molecule has 0 unspecified atom stereocenters. The lowest BCUT2D eigenvalue weighted by Gasteiger charge is -2.05. The van der Waals surface area contributed by atoms with Crippen LogP contribution in [0.2, 0.25) is 0 Å². The first kappa shape index (κ1) is 14.6. The van der Waals surface area contributed by atoms with Gasteiger partial charge in [0.1, 0.15) is 11.5 Å². The summed E-state index contributed by atoms with van der Waals surface area (Å²) in [6.45, 7) is 3.50. The van der Waals surface area contributed by atoms with Gasteiger partial charge in [0.05, 0.1) is 5.56 Å². The SMILES string of the molecule is Cc1ccc(C=CC(=O)Nc2ccc(C(=O)O)c(C)c2)o1. The highest BCUT2D eigenvalue weighted by atomic mass is 16.4. The first-order chi connectivity index (χ1) is 9.95. The Kier molecular flexibility index (Phi) is 4.23. The number of carbonyl (C=O) groups excluding carboxylic acids is 1. The van der Waals surface area contributed by atoms with Crippen LogP contribution in [0.5, 0.6) is 0 Å². The first-order valence-corrected chi connectivity index (χ1v) is 6.35. The van der Waals surface area contributed by atoms with Crippen LogP contribution in [0.1, 0.15) is 27.4 Å². The number of nitrogens with one attached hydrogen (secondary N) is 1. The molecular weight excluding hydrogens is 270 g/mol. The van der Waals surface area contributed by atoms with E-state index in [-0.39, 0.29) is 11.5 Å². The van der Waals surface area contributed by atoms with Gasteiger partial charge in [-0.2, -0.15) is 0 Å². The quantitative estimate of drug-likeness (QED) is 0.845. The lowest BCUT2D eigenvalue weighted by Crippen LogP contribution is -2.08. The third-order valence-corrected chi connectivity index (χ3v) is 2.88. The van der Waals surface area contributed by atoms with Crippen LogP contribution >= 0.6 is 0 Å². The predicted molar refractivity (Wildman–Crippen MR) is 79.2 cm³/mol. The molecule has 2 aromatic rings. The van der Waals surface area contributed by atoms with Crippen LogP contribution in [0.25, 0.3) is 6.08 Å². The van der Waals surface area contributed by atoms with Crippen molar-refractivity contribution in [1.29, 1.82) is 0 Å². The second-order valence-electron chi connectivity index (χ2n) is 4.61. The Morgan fingerprint density at radius 1 is 1.19 bits per heavy atom. The average Bonchev–Trinajstić information content (AvgIpc) is 2.82. The van der Waals surface area contributed by atoms with Gasteiger partial charge < -0.3 is 14.8 Å². The molecule has 108 valence electrons. The number of rotatable bonds is 4. The molecule has 0 aliphatic rings. The molecule has 0 radical (unpaired) electrons. The van der Waals surface area contributed by atoms with Crippen molar-refractivity contribution in [3.05, 3.63) is 59.1 Å². The summed E-state index contributed by atoms with van der Waals surface area (Å²) < 4.78 is 5.31. The Bertz CT molecular complexity index is 713. The van der Waals surface area contributed by atoms with Crippen molar-refractivity contribution in [2.45, 2.75) is 13.8 Å². The Morgan fingerprint density at radius 3 is 2.52 bits per heavy atom. The zero-order valence-corrected chi connectivity index (χ0v) is 11.7. The molecule has 0 spiro atoms. The van der Waals surface area contributed by atoms with Crippen molar-refractivity contribution < 1.29 is 19.1 Å². The molecule has 1 heterocycles. The second kappa shape index (κ2) is 6.09. The van der Waals surface area contributed by atoms with E-state index >= 15 is 0 Å².